The van der Waals surface area contributed by atoms with E-state index in [1.165, 1.54) is 0 Å². The van der Waals surface area contributed by atoms with Crippen LogP contribution >= 0.6 is 15.9 Å². The third kappa shape index (κ3) is 2.62. The predicted octanol–water partition coefficient (Wildman–Crippen LogP) is 2.83. The van der Waals surface area contributed by atoms with Crippen molar-refractivity contribution in [2.24, 2.45) is 11.7 Å². The van der Waals surface area contributed by atoms with Gasteiger partial charge in [0.15, 0.2) is 0 Å². The Morgan fingerprint density at radius 1 is 1.47 bits per heavy atom. The first kappa shape index (κ1) is 12.4. The SMILES string of the molecule is N#Cc1c(Br)cccc1OC1CCCC1CN. The molecule has 1 aliphatic rings. The van der Waals surface area contributed by atoms with Gasteiger partial charge in [-0.2, -0.15) is 5.26 Å². The molecule has 90 valence electrons. The molecule has 1 saturated carbocycles. The molecule has 0 saturated heterocycles. The van der Waals surface area contributed by atoms with E-state index < -0.39 is 0 Å². The van der Waals surface area contributed by atoms with Crippen molar-refractivity contribution in [1.82, 2.24) is 0 Å². The summed E-state index contributed by atoms with van der Waals surface area (Å²) in [5.41, 5.74) is 6.29. The molecule has 2 atom stereocenters. The van der Waals surface area contributed by atoms with E-state index in [0.717, 1.165) is 23.7 Å². The van der Waals surface area contributed by atoms with Gasteiger partial charge in [-0.25, -0.2) is 0 Å². The molecule has 1 aliphatic carbocycles. The highest BCUT2D eigenvalue weighted by molar-refractivity contribution is 9.10. The Bertz CT molecular complexity index is 442. The zero-order valence-electron chi connectivity index (χ0n) is 9.53. The van der Waals surface area contributed by atoms with E-state index in [-0.39, 0.29) is 6.10 Å². The lowest BCUT2D eigenvalue weighted by Crippen LogP contribution is -2.27. The van der Waals surface area contributed by atoms with Gasteiger partial charge in [-0.05, 0) is 53.9 Å². The van der Waals surface area contributed by atoms with Crippen LogP contribution in [0.2, 0.25) is 0 Å². The molecule has 17 heavy (non-hydrogen) atoms. The summed E-state index contributed by atoms with van der Waals surface area (Å²) in [5.74, 6) is 1.08. The van der Waals surface area contributed by atoms with Crippen LogP contribution in [0.4, 0.5) is 0 Å². The summed E-state index contributed by atoms with van der Waals surface area (Å²) in [6.07, 6.45) is 3.46. The second-order valence-electron chi connectivity index (χ2n) is 4.31. The number of hydrogen-bond donors (Lipinski definition) is 1. The molecule has 0 heterocycles. The van der Waals surface area contributed by atoms with Crippen LogP contribution in [0.25, 0.3) is 0 Å². The summed E-state index contributed by atoms with van der Waals surface area (Å²) in [6.45, 7) is 0.653. The van der Waals surface area contributed by atoms with Gasteiger partial charge in [0.25, 0.3) is 0 Å². The lowest BCUT2D eigenvalue weighted by Gasteiger charge is -2.20. The molecule has 3 nitrogen and oxygen atoms in total. The van der Waals surface area contributed by atoms with E-state index in [1.807, 2.05) is 18.2 Å². The van der Waals surface area contributed by atoms with E-state index in [2.05, 4.69) is 22.0 Å². The van der Waals surface area contributed by atoms with Gasteiger partial charge in [-0.1, -0.05) is 6.07 Å². The van der Waals surface area contributed by atoms with Gasteiger partial charge in [0.05, 0.1) is 0 Å². The zero-order chi connectivity index (χ0) is 12.3. The quantitative estimate of drug-likeness (QED) is 0.932. The van der Waals surface area contributed by atoms with Gasteiger partial charge >= 0.3 is 0 Å². The highest BCUT2D eigenvalue weighted by Gasteiger charge is 2.28. The Balaban J connectivity index is 2.19. The van der Waals surface area contributed by atoms with E-state index in [0.29, 0.717) is 23.8 Å². The standard InChI is InChI=1S/C13H15BrN2O/c14-11-4-2-6-13(10(11)8-16)17-12-5-1-3-9(12)7-15/h2,4,6,9,12H,1,3,5,7,15H2. The second-order valence-corrected chi connectivity index (χ2v) is 5.16. The fraction of sp³-hybridized carbons (Fsp3) is 0.462. The van der Waals surface area contributed by atoms with Gasteiger partial charge in [-0.15, -0.1) is 0 Å². The molecule has 1 aromatic rings. The summed E-state index contributed by atoms with van der Waals surface area (Å²) in [5, 5.41) is 9.11. The number of nitriles is 1. The van der Waals surface area contributed by atoms with Crippen LogP contribution in [0.5, 0.6) is 5.75 Å². The molecule has 0 aliphatic heterocycles. The smallest absolute Gasteiger partial charge is 0.138 e. The van der Waals surface area contributed by atoms with Crippen LogP contribution < -0.4 is 10.5 Å². The van der Waals surface area contributed by atoms with E-state index in [4.69, 9.17) is 15.7 Å². The number of benzene rings is 1. The number of halogens is 1. The summed E-state index contributed by atoms with van der Waals surface area (Å²) in [7, 11) is 0. The Hall–Kier alpha value is -1.05. The summed E-state index contributed by atoms with van der Waals surface area (Å²) in [6, 6.07) is 7.74. The number of hydrogen-bond acceptors (Lipinski definition) is 3. The Kier molecular flexibility index (Phi) is 4.03. The fourth-order valence-electron chi connectivity index (χ4n) is 2.30. The highest BCUT2D eigenvalue weighted by Crippen LogP contribution is 2.32. The topological polar surface area (TPSA) is 59.0 Å². The monoisotopic (exact) mass is 294 g/mol. The van der Waals surface area contributed by atoms with Crippen LogP contribution in [0, 0.1) is 17.2 Å². The average Bonchev–Trinajstić information content (AvgIpc) is 2.77. The first-order valence-electron chi connectivity index (χ1n) is 5.81. The molecule has 1 fully saturated rings. The predicted molar refractivity (Wildman–Crippen MR) is 69.7 cm³/mol. The summed E-state index contributed by atoms with van der Waals surface area (Å²) < 4.78 is 6.73. The molecule has 2 N–H and O–H groups in total. The van der Waals surface area contributed by atoms with E-state index >= 15 is 0 Å². The van der Waals surface area contributed by atoms with Crippen molar-refractivity contribution in [2.45, 2.75) is 25.4 Å². The van der Waals surface area contributed by atoms with Crippen LogP contribution in [0.1, 0.15) is 24.8 Å². The molecule has 2 rings (SSSR count). The van der Waals surface area contributed by atoms with Gasteiger partial charge in [0.1, 0.15) is 23.5 Å². The number of nitrogens with two attached hydrogens (primary N) is 1. The first-order valence-corrected chi connectivity index (χ1v) is 6.61. The Morgan fingerprint density at radius 3 is 3.00 bits per heavy atom. The third-order valence-electron chi connectivity index (χ3n) is 3.26. The molecular formula is C13H15BrN2O. The van der Waals surface area contributed by atoms with Crippen molar-refractivity contribution in [3.05, 3.63) is 28.2 Å². The molecular weight excluding hydrogens is 280 g/mol. The van der Waals surface area contributed by atoms with E-state index in [1.54, 1.807) is 0 Å². The van der Waals surface area contributed by atoms with Crippen LogP contribution in [0.15, 0.2) is 22.7 Å². The van der Waals surface area contributed by atoms with Gasteiger partial charge in [0.2, 0.25) is 0 Å². The van der Waals surface area contributed by atoms with Gasteiger partial charge < -0.3 is 10.5 Å². The van der Waals surface area contributed by atoms with Crippen molar-refractivity contribution in [1.29, 1.82) is 5.26 Å². The molecule has 0 amide bonds. The van der Waals surface area contributed by atoms with Crippen molar-refractivity contribution >= 4 is 15.9 Å². The highest BCUT2D eigenvalue weighted by atomic mass is 79.9. The molecule has 0 radical (unpaired) electrons. The van der Waals surface area contributed by atoms with Crippen LogP contribution in [-0.2, 0) is 0 Å². The summed E-state index contributed by atoms with van der Waals surface area (Å²) >= 11 is 3.36. The lowest BCUT2D eigenvalue weighted by atomic mass is 10.1. The van der Waals surface area contributed by atoms with Gasteiger partial charge in [-0.3, -0.25) is 0 Å². The van der Waals surface area contributed by atoms with E-state index in [9.17, 15) is 0 Å². The normalized spacial score (nSPS) is 23.4. The molecule has 0 bridgehead atoms. The maximum Gasteiger partial charge on any atom is 0.138 e. The van der Waals surface area contributed by atoms with Crippen molar-refractivity contribution in [3.63, 3.8) is 0 Å². The largest absolute Gasteiger partial charge is 0.489 e. The average molecular weight is 295 g/mol. The van der Waals surface area contributed by atoms with Crippen LogP contribution in [-0.4, -0.2) is 12.6 Å². The Labute approximate surface area is 110 Å². The molecule has 0 aromatic heterocycles. The number of ether oxygens (including phenoxy) is 1. The van der Waals surface area contributed by atoms with Crippen molar-refractivity contribution < 1.29 is 4.74 Å². The maximum absolute atomic E-state index is 9.11. The molecule has 0 spiro atoms. The zero-order valence-corrected chi connectivity index (χ0v) is 11.1. The molecule has 2 unspecified atom stereocenters. The van der Waals surface area contributed by atoms with Crippen molar-refractivity contribution in [2.75, 3.05) is 6.54 Å². The van der Waals surface area contributed by atoms with Crippen molar-refractivity contribution in [3.8, 4) is 11.8 Å². The van der Waals surface area contributed by atoms with Crippen LogP contribution in [0.3, 0.4) is 0 Å². The number of rotatable bonds is 3. The number of nitrogens with zero attached hydrogens (tertiary/aromatic N) is 1. The first-order chi connectivity index (χ1) is 8.26. The minimum atomic E-state index is 0.154. The minimum absolute atomic E-state index is 0.154. The van der Waals surface area contributed by atoms with Gasteiger partial charge in [0, 0.05) is 10.4 Å². The molecule has 4 heteroatoms. The second kappa shape index (κ2) is 5.52. The summed E-state index contributed by atoms with van der Waals surface area (Å²) in [4.78, 5) is 0. The Morgan fingerprint density at radius 2 is 2.29 bits per heavy atom. The maximum atomic E-state index is 9.11. The minimum Gasteiger partial charge on any atom is -0.489 e. The third-order valence-corrected chi connectivity index (χ3v) is 3.92. The fourth-order valence-corrected chi connectivity index (χ4v) is 2.74. The molecule has 1 aromatic carbocycles. The lowest BCUT2D eigenvalue weighted by molar-refractivity contribution is 0.162.